The van der Waals surface area contributed by atoms with Crippen LogP contribution < -0.4 is 10.6 Å². The molecule has 2 N–H and O–H groups in total. The zero-order valence-electron chi connectivity index (χ0n) is 18.7. The molecule has 168 valence electrons. The number of piperidine rings is 1. The van der Waals surface area contributed by atoms with E-state index in [4.69, 9.17) is 0 Å². The van der Waals surface area contributed by atoms with Crippen LogP contribution in [0.4, 0.5) is 10.5 Å². The van der Waals surface area contributed by atoms with E-state index in [1.807, 2.05) is 24.3 Å². The van der Waals surface area contributed by atoms with Crippen molar-refractivity contribution in [1.29, 1.82) is 0 Å². The maximum atomic E-state index is 12.9. The fourth-order valence-electron chi connectivity index (χ4n) is 5.14. The van der Waals surface area contributed by atoms with Gasteiger partial charge in [0, 0.05) is 18.8 Å². The topological polar surface area (TPSA) is 81.8 Å². The highest BCUT2D eigenvalue weighted by Gasteiger charge is 2.52. The highest BCUT2D eigenvalue weighted by Crippen LogP contribution is 2.36. The van der Waals surface area contributed by atoms with Gasteiger partial charge in [0.2, 0.25) is 5.91 Å². The number of hydrogen-bond donors (Lipinski definition) is 2. The lowest BCUT2D eigenvalue weighted by atomic mass is 9.77. The molecule has 1 unspecified atom stereocenters. The Morgan fingerprint density at radius 3 is 2.48 bits per heavy atom. The van der Waals surface area contributed by atoms with E-state index in [0.717, 1.165) is 43.3 Å². The van der Waals surface area contributed by atoms with Crippen LogP contribution in [0.25, 0.3) is 0 Å². The van der Waals surface area contributed by atoms with Gasteiger partial charge in [-0.1, -0.05) is 26.0 Å². The molecule has 1 aliphatic carbocycles. The maximum absolute atomic E-state index is 12.9. The molecule has 31 heavy (non-hydrogen) atoms. The van der Waals surface area contributed by atoms with Crippen LogP contribution in [0.3, 0.4) is 0 Å². The fraction of sp³-hybridized carbons (Fsp3) is 0.625. The van der Waals surface area contributed by atoms with Crippen molar-refractivity contribution in [3.8, 4) is 0 Å². The number of carbonyl (C=O) groups excluding carboxylic acids is 3. The van der Waals surface area contributed by atoms with Gasteiger partial charge in [0.25, 0.3) is 5.91 Å². The molecule has 3 fully saturated rings. The van der Waals surface area contributed by atoms with Crippen LogP contribution >= 0.6 is 0 Å². The summed E-state index contributed by atoms with van der Waals surface area (Å²) < 4.78 is 0. The van der Waals surface area contributed by atoms with Crippen molar-refractivity contribution in [2.75, 3.05) is 25.0 Å². The number of hydrogen-bond acceptors (Lipinski definition) is 4. The zero-order chi connectivity index (χ0) is 22.0. The molecule has 1 atom stereocenters. The molecule has 0 aromatic heterocycles. The summed E-state index contributed by atoms with van der Waals surface area (Å²) in [5, 5.41) is 5.68. The van der Waals surface area contributed by atoms with Gasteiger partial charge < -0.3 is 10.6 Å². The number of imide groups is 1. The average molecular weight is 427 g/mol. The summed E-state index contributed by atoms with van der Waals surface area (Å²) in [6.07, 6.45) is 5.67. The van der Waals surface area contributed by atoms with Crippen LogP contribution in [0.5, 0.6) is 0 Å². The van der Waals surface area contributed by atoms with Gasteiger partial charge in [0.1, 0.15) is 12.1 Å². The number of carbonyl (C=O) groups is 3. The summed E-state index contributed by atoms with van der Waals surface area (Å²) in [7, 11) is 0. The van der Waals surface area contributed by atoms with E-state index in [9.17, 15) is 14.4 Å². The number of urea groups is 1. The first-order chi connectivity index (χ1) is 14.8. The van der Waals surface area contributed by atoms with Crippen molar-refractivity contribution < 1.29 is 14.4 Å². The van der Waals surface area contributed by atoms with Gasteiger partial charge in [0.05, 0.1) is 0 Å². The first kappa shape index (κ1) is 21.8. The largest absolute Gasteiger partial charge is 0.325 e. The molecule has 7 nitrogen and oxygen atoms in total. The highest BCUT2D eigenvalue weighted by molar-refractivity contribution is 6.10. The molecule has 1 aromatic carbocycles. The van der Waals surface area contributed by atoms with Gasteiger partial charge >= 0.3 is 6.03 Å². The molecule has 1 saturated carbocycles. The molecule has 2 heterocycles. The van der Waals surface area contributed by atoms with Gasteiger partial charge in [-0.3, -0.25) is 19.4 Å². The van der Waals surface area contributed by atoms with E-state index < -0.39 is 11.6 Å². The second kappa shape index (κ2) is 8.99. The summed E-state index contributed by atoms with van der Waals surface area (Å²) in [6.45, 7) is 7.39. The van der Waals surface area contributed by atoms with Gasteiger partial charge in [0.15, 0.2) is 0 Å². The third kappa shape index (κ3) is 4.92. The van der Waals surface area contributed by atoms with Gasteiger partial charge in [-0.2, -0.15) is 0 Å². The monoisotopic (exact) mass is 426 g/mol. The van der Waals surface area contributed by atoms with Crippen LogP contribution in [0.2, 0.25) is 0 Å². The number of benzene rings is 1. The molecule has 1 aromatic rings. The quantitative estimate of drug-likeness (QED) is 0.708. The Bertz CT molecular complexity index is 830. The first-order valence-corrected chi connectivity index (χ1v) is 11.6. The van der Waals surface area contributed by atoms with E-state index in [2.05, 4.69) is 29.4 Å². The lowest BCUT2D eigenvalue weighted by Crippen LogP contribution is -2.49. The number of nitrogens with one attached hydrogen (secondary N) is 2. The lowest BCUT2D eigenvalue weighted by molar-refractivity contribution is -0.135. The smallest absolute Gasteiger partial charge is 0.325 e. The van der Waals surface area contributed by atoms with E-state index >= 15 is 0 Å². The number of likely N-dealkylation sites (tertiary alicyclic amines) is 1. The summed E-state index contributed by atoms with van der Waals surface area (Å²) in [6, 6.07) is 7.37. The second-order valence-electron chi connectivity index (χ2n) is 9.81. The average Bonchev–Trinajstić information content (AvgIpc) is 2.96. The summed E-state index contributed by atoms with van der Waals surface area (Å²) >= 11 is 0. The number of anilines is 1. The van der Waals surface area contributed by atoms with Crippen molar-refractivity contribution >= 4 is 23.5 Å². The van der Waals surface area contributed by atoms with Gasteiger partial charge in [-0.15, -0.1) is 0 Å². The van der Waals surface area contributed by atoms with E-state index in [-0.39, 0.29) is 18.4 Å². The normalized spacial score (nSPS) is 29.3. The predicted octanol–water partition coefficient (Wildman–Crippen LogP) is 3.36. The Labute approximate surface area is 184 Å². The standard InChI is InChI=1S/C24H34N4O3/c1-17-9-11-24(12-10-17)22(30)28(23(31)26-24)16-21(29)25-20-7-5-19(6-8-20)15-27-13-3-4-18(2)14-27/h5-8,17-18H,3-4,9-16H2,1-2H3,(H,25,29)(H,26,31). The Balaban J connectivity index is 1.30. The molecule has 1 spiro atoms. The third-order valence-corrected chi connectivity index (χ3v) is 7.06. The molecular formula is C24H34N4O3. The Kier molecular flexibility index (Phi) is 6.32. The molecule has 2 saturated heterocycles. The van der Waals surface area contributed by atoms with Crippen LogP contribution in [0, 0.1) is 11.8 Å². The van der Waals surface area contributed by atoms with Gasteiger partial charge in [-0.25, -0.2) is 4.79 Å². The maximum Gasteiger partial charge on any atom is 0.325 e. The molecule has 4 rings (SSSR count). The molecule has 0 radical (unpaired) electrons. The van der Waals surface area contributed by atoms with Crippen LogP contribution in [0.15, 0.2) is 24.3 Å². The van der Waals surface area contributed by atoms with E-state index in [1.165, 1.54) is 18.4 Å². The van der Waals surface area contributed by atoms with Crippen molar-refractivity contribution in [3.63, 3.8) is 0 Å². The van der Waals surface area contributed by atoms with Crippen LogP contribution in [-0.2, 0) is 16.1 Å². The van der Waals surface area contributed by atoms with Gasteiger partial charge in [-0.05, 0) is 74.6 Å². The van der Waals surface area contributed by atoms with Crippen LogP contribution in [0.1, 0.15) is 57.9 Å². The van der Waals surface area contributed by atoms with Crippen LogP contribution in [-0.4, -0.2) is 52.8 Å². The molecular weight excluding hydrogens is 392 g/mol. The second-order valence-corrected chi connectivity index (χ2v) is 9.81. The highest BCUT2D eigenvalue weighted by atomic mass is 16.2. The number of rotatable bonds is 5. The van der Waals surface area contributed by atoms with E-state index in [1.54, 1.807) is 0 Å². The van der Waals surface area contributed by atoms with Crippen molar-refractivity contribution in [2.45, 2.75) is 64.5 Å². The lowest BCUT2D eigenvalue weighted by Gasteiger charge is -2.33. The SMILES string of the molecule is CC1CCC2(CC1)NC(=O)N(CC(=O)Nc1ccc(CN3CCCC(C)C3)cc1)C2=O. The Morgan fingerprint density at radius 1 is 1.10 bits per heavy atom. The number of amides is 4. The first-order valence-electron chi connectivity index (χ1n) is 11.6. The molecule has 0 bridgehead atoms. The fourth-order valence-corrected chi connectivity index (χ4v) is 5.14. The molecule has 2 aliphatic heterocycles. The summed E-state index contributed by atoms with van der Waals surface area (Å²) in [4.78, 5) is 41.4. The third-order valence-electron chi connectivity index (χ3n) is 7.06. The molecule has 3 aliphatic rings. The number of nitrogens with zero attached hydrogens (tertiary/aromatic N) is 2. The summed E-state index contributed by atoms with van der Waals surface area (Å²) in [5.41, 5.74) is 1.08. The zero-order valence-corrected chi connectivity index (χ0v) is 18.7. The summed E-state index contributed by atoms with van der Waals surface area (Å²) in [5.74, 6) is 0.691. The van der Waals surface area contributed by atoms with Crippen molar-refractivity contribution in [3.05, 3.63) is 29.8 Å². The van der Waals surface area contributed by atoms with Crippen molar-refractivity contribution in [2.24, 2.45) is 11.8 Å². The minimum absolute atomic E-state index is 0.255. The Morgan fingerprint density at radius 2 is 1.81 bits per heavy atom. The predicted molar refractivity (Wildman–Crippen MR) is 119 cm³/mol. The van der Waals surface area contributed by atoms with Crippen molar-refractivity contribution in [1.82, 2.24) is 15.1 Å². The molecule has 4 amide bonds. The minimum atomic E-state index is -0.808. The molecule has 7 heteroatoms. The Hall–Kier alpha value is -2.41. The van der Waals surface area contributed by atoms with E-state index in [0.29, 0.717) is 24.4 Å². The minimum Gasteiger partial charge on any atom is -0.325 e.